The SMILES string of the molecule is CC1CCCN(CCCNC(=O)c2cccc(S(=O)(=O)NC(C)C)c2)C1. The van der Waals surface area contributed by atoms with Crippen LogP contribution >= 0.6 is 0 Å². The molecule has 1 unspecified atom stereocenters. The largest absolute Gasteiger partial charge is 0.352 e. The summed E-state index contributed by atoms with van der Waals surface area (Å²) in [5.41, 5.74) is 0.364. The summed E-state index contributed by atoms with van der Waals surface area (Å²) in [6.07, 6.45) is 3.45. The van der Waals surface area contributed by atoms with E-state index in [1.165, 1.54) is 25.0 Å². The van der Waals surface area contributed by atoms with E-state index in [1.54, 1.807) is 26.0 Å². The third kappa shape index (κ3) is 6.37. The number of benzene rings is 1. The van der Waals surface area contributed by atoms with Crippen LogP contribution in [0.25, 0.3) is 0 Å². The summed E-state index contributed by atoms with van der Waals surface area (Å²) in [6.45, 7) is 9.65. The number of nitrogens with zero attached hydrogens (tertiary/aromatic N) is 1. The molecule has 1 aromatic rings. The van der Waals surface area contributed by atoms with E-state index in [2.05, 4.69) is 21.9 Å². The first-order valence-corrected chi connectivity index (χ1v) is 10.9. The van der Waals surface area contributed by atoms with Gasteiger partial charge < -0.3 is 10.2 Å². The number of nitrogens with one attached hydrogen (secondary N) is 2. The lowest BCUT2D eigenvalue weighted by atomic mass is 10.0. The first kappa shape index (κ1) is 20.9. The maximum Gasteiger partial charge on any atom is 0.251 e. The highest BCUT2D eigenvalue weighted by Gasteiger charge is 2.18. The van der Waals surface area contributed by atoms with Gasteiger partial charge >= 0.3 is 0 Å². The molecule has 1 amide bonds. The quantitative estimate of drug-likeness (QED) is 0.677. The normalized spacial score (nSPS) is 18.8. The number of hydrogen-bond acceptors (Lipinski definition) is 4. The van der Waals surface area contributed by atoms with Crippen molar-refractivity contribution in [3.8, 4) is 0 Å². The Balaban J connectivity index is 1.85. The van der Waals surface area contributed by atoms with Gasteiger partial charge in [-0.2, -0.15) is 0 Å². The van der Waals surface area contributed by atoms with Crippen LogP contribution in [0.1, 0.15) is 50.4 Å². The van der Waals surface area contributed by atoms with Gasteiger partial charge in [0.1, 0.15) is 0 Å². The summed E-state index contributed by atoms with van der Waals surface area (Å²) in [6, 6.07) is 5.95. The zero-order chi connectivity index (χ0) is 19.2. The highest BCUT2D eigenvalue weighted by atomic mass is 32.2. The van der Waals surface area contributed by atoms with E-state index in [1.807, 2.05) is 0 Å². The summed E-state index contributed by atoms with van der Waals surface area (Å²) in [5, 5.41) is 2.89. The van der Waals surface area contributed by atoms with E-state index in [-0.39, 0.29) is 16.8 Å². The van der Waals surface area contributed by atoms with Gasteiger partial charge in [0, 0.05) is 24.7 Å². The lowest BCUT2D eigenvalue weighted by Gasteiger charge is -2.30. The molecule has 146 valence electrons. The summed E-state index contributed by atoms with van der Waals surface area (Å²) in [4.78, 5) is 14.9. The van der Waals surface area contributed by atoms with Gasteiger partial charge in [0.05, 0.1) is 4.90 Å². The van der Waals surface area contributed by atoms with Crippen molar-refractivity contribution in [3.63, 3.8) is 0 Å². The topological polar surface area (TPSA) is 78.5 Å². The van der Waals surface area contributed by atoms with Crippen LogP contribution in [0.5, 0.6) is 0 Å². The number of hydrogen-bond donors (Lipinski definition) is 2. The smallest absolute Gasteiger partial charge is 0.251 e. The van der Waals surface area contributed by atoms with Crippen molar-refractivity contribution in [1.82, 2.24) is 14.9 Å². The Morgan fingerprint density at radius 2 is 2.12 bits per heavy atom. The molecule has 1 atom stereocenters. The molecule has 0 aliphatic carbocycles. The Morgan fingerprint density at radius 1 is 1.35 bits per heavy atom. The van der Waals surface area contributed by atoms with Crippen LogP contribution in [0.15, 0.2) is 29.2 Å². The van der Waals surface area contributed by atoms with Gasteiger partial charge in [-0.25, -0.2) is 13.1 Å². The van der Waals surface area contributed by atoms with Crippen molar-refractivity contribution < 1.29 is 13.2 Å². The Morgan fingerprint density at radius 3 is 2.81 bits per heavy atom. The molecule has 0 radical (unpaired) electrons. The number of carbonyl (C=O) groups excluding carboxylic acids is 1. The molecule has 0 saturated carbocycles. The fourth-order valence-electron chi connectivity index (χ4n) is 3.28. The van der Waals surface area contributed by atoms with Gasteiger partial charge in [0.25, 0.3) is 5.91 Å². The molecule has 1 fully saturated rings. The highest BCUT2D eigenvalue weighted by Crippen LogP contribution is 2.15. The first-order chi connectivity index (χ1) is 12.3. The number of piperidine rings is 1. The fourth-order valence-corrected chi connectivity index (χ4v) is 4.58. The van der Waals surface area contributed by atoms with Crippen LogP contribution in [0, 0.1) is 5.92 Å². The number of likely N-dealkylation sites (tertiary alicyclic amines) is 1. The Hall–Kier alpha value is -1.44. The van der Waals surface area contributed by atoms with Gasteiger partial charge in [-0.3, -0.25) is 4.79 Å². The standard InChI is InChI=1S/C19H31N3O3S/c1-15(2)21-26(24,25)18-9-4-8-17(13-18)19(23)20-10-6-12-22-11-5-7-16(3)14-22/h4,8-9,13,15-16,21H,5-7,10-12,14H2,1-3H3,(H,20,23). The summed E-state index contributed by atoms with van der Waals surface area (Å²) >= 11 is 0. The molecule has 1 aromatic carbocycles. The van der Waals surface area contributed by atoms with E-state index in [9.17, 15) is 13.2 Å². The second kappa shape index (κ2) is 9.48. The zero-order valence-electron chi connectivity index (χ0n) is 16.0. The molecule has 7 heteroatoms. The number of carbonyl (C=O) groups is 1. The zero-order valence-corrected chi connectivity index (χ0v) is 16.8. The average molecular weight is 382 g/mol. The molecule has 26 heavy (non-hydrogen) atoms. The Labute approximate surface area is 157 Å². The lowest BCUT2D eigenvalue weighted by Crippen LogP contribution is -2.36. The molecule has 0 spiro atoms. The van der Waals surface area contributed by atoms with Crippen LogP contribution < -0.4 is 10.0 Å². The molecular weight excluding hydrogens is 350 g/mol. The van der Waals surface area contributed by atoms with E-state index in [0.29, 0.717) is 12.1 Å². The number of rotatable bonds is 8. The molecule has 0 bridgehead atoms. The predicted octanol–water partition coefficient (Wildman–Crippen LogP) is 2.23. The maximum atomic E-state index is 12.3. The minimum absolute atomic E-state index is 0.112. The maximum absolute atomic E-state index is 12.3. The van der Waals surface area contributed by atoms with Crippen LogP contribution in [-0.2, 0) is 10.0 Å². The highest BCUT2D eigenvalue weighted by molar-refractivity contribution is 7.89. The summed E-state index contributed by atoms with van der Waals surface area (Å²) < 4.78 is 27.0. The molecule has 0 aromatic heterocycles. The monoisotopic (exact) mass is 381 g/mol. The van der Waals surface area contributed by atoms with Crippen molar-refractivity contribution >= 4 is 15.9 Å². The summed E-state index contributed by atoms with van der Waals surface area (Å²) in [7, 11) is -3.60. The van der Waals surface area contributed by atoms with Crippen molar-refractivity contribution in [2.24, 2.45) is 5.92 Å². The van der Waals surface area contributed by atoms with E-state index < -0.39 is 10.0 Å². The molecule has 2 rings (SSSR count). The molecule has 1 aliphatic rings. The molecule has 1 heterocycles. The van der Waals surface area contributed by atoms with E-state index >= 15 is 0 Å². The van der Waals surface area contributed by atoms with E-state index in [0.717, 1.165) is 32.0 Å². The average Bonchev–Trinajstić information content (AvgIpc) is 2.57. The number of sulfonamides is 1. The molecule has 6 nitrogen and oxygen atoms in total. The van der Waals surface area contributed by atoms with Crippen molar-refractivity contribution in [3.05, 3.63) is 29.8 Å². The second-order valence-electron chi connectivity index (χ2n) is 7.46. The van der Waals surface area contributed by atoms with Crippen LogP contribution in [-0.4, -0.2) is 51.4 Å². The van der Waals surface area contributed by atoms with Crippen molar-refractivity contribution in [2.45, 2.75) is 51.0 Å². The number of amides is 1. The molecule has 2 N–H and O–H groups in total. The first-order valence-electron chi connectivity index (χ1n) is 9.41. The van der Waals surface area contributed by atoms with Crippen LogP contribution in [0.4, 0.5) is 0 Å². The summed E-state index contributed by atoms with van der Waals surface area (Å²) in [5.74, 6) is 0.515. The van der Waals surface area contributed by atoms with E-state index in [4.69, 9.17) is 0 Å². The minimum Gasteiger partial charge on any atom is -0.352 e. The van der Waals surface area contributed by atoms with Gasteiger partial charge in [-0.1, -0.05) is 13.0 Å². The van der Waals surface area contributed by atoms with Gasteiger partial charge in [0.15, 0.2) is 0 Å². The van der Waals surface area contributed by atoms with Gasteiger partial charge in [-0.15, -0.1) is 0 Å². The van der Waals surface area contributed by atoms with Crippen molar-refractivity contribution in [2.75, 3.05) is 26.2 Å². The van der Waals surface area contributed by atoms with Crippen LogP contribution in [0.2, 0.25) is 0 Å². The van der Waals surface area contributed by atoms with Crippen LogP contribution in [0.3, 0.4) is 0 Å². The molecular formula is C19H31N3O3S. The fraction of sp³-hybridized carbons (Fsp3) is 0.632. The Bertz CT molecular complexity index is 704. The Kier molecular flexibility index (Phi) is 7.61. The molecule has 1 aliphatic heterocycles. The second-order valence-corrected chi connectivity index (χ2v) is 9.18. The third-order valence-corrected chi connectivity index (χ3v) is 6.13. The third-order valence-electron chi connectivity index (χ3n) is 4.48. The minimum atomic E-state index is -3.60. The molecule has 1 saturated heterocycles. The van der Waals surface area contributed by atoms with Crippen molar-refractivity contribution in [1.29, 1.82) is 0 Å². The predicted molar refractivity (Wildman–Crippen MR) is 104 cm³/mol. The van der Waals surface area contributed by atoms with Gasteiger partial charge in [0.2, 0.25) is 10.0 Å². The lowest BCUT2D eigenvalue weighted by molar-refractivity contribution is 0.0950. The van der Waals surface area contributed by atoms with Gasteiger partial charge in [-0.05, 0) is 70.3 Å².